The summed E-state index contributed by atoms with van der Waals surface area (Å²) >= 11 is 1.47. The summed E-state index contributed by atoms with van der Waals surface area (Å²) in [7, 11) is 0. The van der Waals surface area contributed by atoms with E-state index in [1.807, 2.05) is 75.3 Å². The molecule has 1 atom stereocenters. The standard InChI is InChI=1S/C22H27N3O3S/c1-13(2)23-18(26)11-17-12-29-22-24-15(5)19(21(27)28-14(3)4)20(25(17)22)16-9-7-6-8-10-16/h6-10,12-14,20H,11H2,1-5H3,(H,23,26)/t20-/m0/s1. The van der Waals surface area contributed by atoms with Gasteiger partial charge in [-0.3, -0.25) is 4.79 Å². The molecule has 0 fully saturated rings. The second kappa shape index (κ2) is 8.86. The lowest BCUT2D eigenvalue weighted by molar-refractivity contribution is -0.143. The fourth-order valence-electron chi connectivity index (χ4n) is 3.40. The van der Waals surface area contributed by atoms with Crippen LogP contribution in [0.2, 0.25) is 0 Å². The zero-order chi connectivity index (χ0) is 21.1. The van der Waals surface area contributed by atoms with Crippen LogP contribution in [-0.4, -0.2) is 34.1 Å². The monoisotopic (exact) mass is 413 g/mol. The van der Waals surface area contributed by atoms with Crippen LogP contribution in [-0.2, 0) is 14.3 Å². The van der Waals surface area contributed by atoms with Gasteiger partial charge >= 0.3 is 5.97 Å². The minimum absolute atomic E-state index is 0.0579. The Morgan fingerprint density at radius 1 is 1.21 bits per heavy atom. The van der Waals surface area contributed by atoms with Crippen LogP contribution < -0.4 is 5.32 Å². The lowest BCUT2D eigenvalue weighted by Gasteiger charge is -2.36. The molecule has 3 rings (SSSR count). The maximum Gasteiger partial charge on any atom is 0.338 e. The summed E-state index contributed by atoms with van der Waals surface area (Å²) in [4.78, 5) is 32.0. The predicted octanol–water partition coefficient (Wildman–Crippen LogP) is 4.13. The van der Waals surface area contributed by atoms with Gasteiger partial charge in [0, 0.05) is 11.7 Å². The number of rotatable bonds is 6. The first-order chi connectivity index (χ1) is 13.8. The van der Waals surface area contributed by atoms with Crippen molar-refractivity contribution in [3.8, 4) is 0 Å². The van der Waals surface area contributed by atoms with Crippen LogP contribution >= 0.6 is 11.8 Å². The van der Waals surface area contributed by atoms with Gasteiger partial charge in [-0.1, -0.05) is 42.1 Å². The Bertz CT molecular complexity index is 888. The van der Waals surface area contributed by atoms with Crippen LogP contribution in [0.15, 0.2) is 57.7 Å². The average molecular weight is 414 g/mol. The second-order valence-corrected chi connectivity index (χ2v) is 8.49. The highest BCUT2D eigenvalue weighted by Gasteiger charge is 2.41. The van der Waals surface area contributed by atoms with Gasteiger partial charge in [-0.2, -0.15) is 0 Å². The highest BCUT2D eigenvalue weighted by atomic mass is 32.2. The molecule has 1 aromatic carbocycles. The number of carbonyl (C=O) groups is 2. The van der Waals surface area contributed by atoms with Crippen molar-refractivity contribution in [2.24, 2.45) is 4.99 Å². The molecule has 154 valence electrons. The van der Waals surface area contributed by atoms with E-state index in [0.29, 0.717) is 11.3 Å². The Labute approximate surface area is 176 Å². The maximum atomic E-state index is 13.0. The number of thioether (sulfide) groups is 1. The quantitative estimate of drug-likeness (QED) is 0.710. The molecule has 0 saturated carbocycles. The molecule has 0 radical (unpaired) electrons. The minimum atomic E-state index is -0.386. The fourth-order valence-corrected chi connectivity index (χ4v) is 4.36. The van der Waals surface area contributed by atoms with Gasteiger partial charge in [0.2, 0.25) is 5.91 Å². The zero-order valence-corrected chi connectivity index (χ0v) is 18.2. The third kappa shape index (κ3) is 4.72. The Kier molecular flexibility index (Phi) is 6.47. The second-order valence-electron chi connectivity index (χ2n) is 7.66. The van der Waals surface area contributed by atoms with E-state index in [4.69, 9.17) is 4.74 Å². The van der Waals surface area contributed by atoms with Crippen LogP contribution in [0, 0.1) is 0 Å². The lowest BCUT2D eigenvalue weighted by Crippen LogP contribution is -2.39. The van der Waals surface area contributed by atoms with E-state index >= 15 is 0 Å². The number of ether oxygens (including phenoxy) is 1. The summed E-state index contributed by atoms with van der Waals surface area (Å²) in [6.07, 6.45) is -0.0107. The molecule has 0 saturated heterocycles. The van der Waals surface area contributed by atoms with E-state index in [9.17, 15) is 9.59 Å². The summed E-state index contributed by atoms with van der Waals surface area (Å²) in [6.45, 7) is 9.36. The molecular formula is C22H27N3O3S. The number of carbonyl (C=O) groups excluding carboxylic acids is 2. The number of benzene rings is 1. The van der Waals surface area contributed by atoms with E-state index in [1.54, 1.807) is 0 Å². The molecule has 0 unspecified atom stereocenters. The largest absolute Gasteiger partial charge is 0.459 e. The lowest BCUT2D eigenvalue weighted by atomic mass is 9.94. The Hall–Kier alpha value is -2.54. The van der Waals surface area contributed by atoms with E-state index < -0.39 is 0 Å². The molecule has 0 spiro atoms. The van der Waals surface area contributed by atoms with Gasteiger partial charge in [-0.15, -0.1) is 0 Å². The molecule has 29 heavy (non-hydrogen) atoms. The molecule has 0 aliphatic carbocycles. The molecule has 1 aromatic rings. The van der Waals surface area contributed by atoms with Gasteiger partial charge in [-0.25, -0.2) is 9.79 Å². The molecule has 7 heteroatoms. The van der Waals surface area contributed by atoms with Gasteiger partial charge in [0.25, 0.3) is 0 Å². The van der Waals surface area contributed by atoms with Gasteiger partial charge < -0.3 is 15.0 Å². The third-order valence-electron chi connectivity index (χ3n) is 4.47. The number of amidine groups is 1. The Morgan fingerprint density at radius 2 is 1.90 bits per heavy atom. The number of fused-ring (bicyclic) bond motifs is 1. The number of amides is 1. The SMILES string of the molecule is CC1=C(C(=O)OC(C)C)[C@H](c2ccccc2)N2C(CC(=O)NC(C)C)=CSC2=N1. The van der Waals surface area contributed by atoms with Crippen molar-refractivity contribution >= 4 is 28.8 Å². The summed E-state index contributed by atoms with van der Waals surface area (Å²) in [6, 6.07) is 9.48. The van der Waals surface area contributed by atoms with Gasteiger partial charge in [0.05, 0.1) is 29.8 Å². The van der Waals surface area contributed by atoms with Crippen molar-refractivity contribution in [3.63, 3.8) is 0 Å². The number of nitrogens with one attached hydrogen (secondary N) is 1. The first-order valence-corrected chi connectivity index (χ1v) is 10.7. The topological polar surface area (TPSA) is 71.0 Å². The molecule has 2 aliphatic rings. The molecule has 1 amide bonds. The van der Waals surface area contributed by atoms with Crippen molar-refractivity contribution in [3.05, 3.63) is 58.3 Å². The number of hydrogen-bond acceptors (Lipinski definition) is 6. The highest BCUT2D eigenvalue weighted by molar-refractivity contribution is 8.16. The molecule has 1 N–H and O–H groups in total. The molecule has 6 nitrogen and oxygen atoms in total. The molecule has 0 bridgehead atoms. The molecule has 2 aliphatic heterocycles. The zero-order valence-electron chi connectivity index (χ0n) is 17.4. The Morgan fingerprint density at radius 3 is 2.52 bits per heavy atom. The summed E-state index contributed by atoms with van der Waals surface area (Å²) in [5.41, 5.74) is 2.92. The molecule has 0 aromatic heterocycles. The van der Waals surface area contributed by atoms with Crippen LogP contribution in [0.25, 0.3) is 0 Å². The van der Waals surface area contributed by atoms with Crippen LogP contribution in [0.1, 0.15) is 52.6 Å². The van der Waals surface area contributed by atoms with Crippen molar-refractivity contribution in [2.75, 3.05) is 0 Å². The van der Waals surface area contributed by atoms with Gasteiger partial charge in [0.15, 0.2) is 5.17 Å². The predicted molar refractivity (Wildman–Crippen MR) is 116 cm³/mol. The minimum Gasteiger partial charge on any atom is -0.459 e. The smallest absolute Gasteiger partial charge is 0.338 e. The summed E-state index contributed by atoms with van der Waals surface area (Å²) in [5.74, 6) is -0.436. The molecular weight excluding hydrogens is 386 g/mol. The first kappa shape index (κ1) is 21.2. The fraction of sp³-hybridized carbons (Fsp3) is 0.409. The van der Waals surface area contributed by atoms with Gasteiger partial charge in [0.1, 0.15) is 0 Å². The Balaban J connectivity index is 2.01. The van der Waals surface area contributed by atoms with E-state index in [-0.39, 0.29) is 36.5 Å². The van der Waals surface area contributed by atoms with Crippen LogP contribution in [0.5, 0.6) is 0 Å². The number of aliphatic imine (C=N–C) groups is 1. The van der Waals surface area contributed by atoms with Crippen molar-refractivity contribution in [2.45, 2.75) is 59.2 Å². The van der Waals surface area contributed by atoms with E-state index in [2.05, 4.69) is 10.3 Å². The summed E-state index contributed by atoms with van der Waals surface area (Å²) < 4.78 is 5.53. The van der Waals surface area contributed by atoms with Crippen molar-refractivity contribution in [1.82, 2.24) is 10.2 Å². The van der Waals surface area contributed by atoms with Crippen LogP contribution in [0.4, 0.5) is 0 Å². The number of hydrogen-bond donors (Lipinski definition) is 1. The average Bonchev–Trinajstić information content (AvgIpc) is 3.01. The number of nitrogens with zero attached hydrogens (tertiary/aromatic N) is 2. The number of allylic oxidation sites excluding steroid dienone is 1. The maximum absolute atomic E-state index is 13.0. The summed E-state index contributed by atoms with van der Waals surface area (Å²) in [5, 5.41) is 5.64. The van der Waals surface area contributed by atoms with Crippen molar-refractivity contribution in [1.29, 1.82) is 0 Å². The molecule has 2 heterocycles. The number of esters is 1. The van der Waals surface area contributed by atoms with E-state index in [1.165, 1.54) is 11.8 Å². The van der Waals surface area contributed by atoms with Crippen LogP contribution in [0.3, 0.4) is 0 Å². The highest BCUT2D eigenvalue weighted by Crippen LogP contribution is 2.44. The van der Waals surface area contributed by atoms with Gasteiger partial charge in [-0.05, 0) is 45.6 Å². The van der Waals surface area contributed by atoms with Crippen molar-refractivity contribution < 1.29 is 14.3 Å². The third-order valence-corrected chi connectivity index (χ3v) is 5.36. The normalized spacial score (nSPS) is 18.6. The first-order valence-electron chi connectivity index (χ1n) is 9.77. The van der Waals surface area contributed by atoms with E-state index in [0.717, 1.165) is 16.4 Å².